The molecule has 0 N–H and O–H groups in total. The number of unbranched alkanes of at least 4 members (excludes halogenated alkanes) is 1. The van der Waals surface area contributed by atoms with E-state index in [0.29, 0.717) is 0 Å². The summed E-state index contributed by atoms with van der Waals surface area (Å²) in [6.07, 6.45) is 4.50. The molecule has 0 heterocycles. The third kappa shape index (κ3) is 4.81. The maximum Gasteiger partial charge on any atom is 0.330 e. The van der Waals surface area contributed by atoms with Gasteiger partial charge in [-0.15, -0.1) is 0 Å². The van der Waals surface area contributed by atoms with Crippen molar-refractivity contribution in [3.8, 4) is 0 Å². The fourth-order valence-corrected chi connectivity index (χ4v) is 1.50. The molecule has 0 aliphatic heterocycles. The van der Waals surface area contributed by atoms with E-state index in [-0.39, 0.29) is 12.0 Å². The lowest BCUT2D eigenvalue weighted by molar-refractivity contribution is -0.142. The number of rotatable bonds is 6. The Labute approximate surface area is 103 Å². The van der Waals surface area contributed by atoms with E-state index in [0.717, 1.165) is 24.8 Å². The molecule has 0 aliphatic carbocycles. The minimum atomic E-state index is -0.375. The molecule has 0 bridgehead atoms. The number of benzene rings is 1. The van der Waals surface area contributed by atoms with Crippen LogP contribution in [0.4, 0.5) is 0 Å². The maximum absolute atomic E-state index is 11.5. The van der Waals surface area contributed by atoms with Crippen molar-refractivity contribution in [3.05, 3.63) is 35.9 Å². The summed E-state index contributed by atoms with van der Waals surface area (Å²) in [6, 6.07) is 9.38. The standard InChI is InChI=1S/C14H19NO2/c1-3-4-10-13(14(16)17-2)15-11-12-8-6-5-7-9-12/h5-9,11,13H,3-4,10H2,1-2H3/b15-11+. The van der Waals surface area contributed by atoms with Crippen molar-refractivity contribution in [1.29, 1.82) is 0 Å². The quantitative estimate of drug-likeness (QED) is 0.560. The van der Waals surface area contributed by atoms with Crippen LogP contribution in [0.5, 0.6) is 0 Å². The van der Waals surface area contributed by atoms with Crippen LogP contribution in [0.2, 0.25) is 0 Å². The van der Waals surface area contributed by atoms with Crippen LogP contribution in [0.1, 0.15) is 31.7 Å². The normalized spacial score (nSPS) is 12.6. The fourth-order valence-electron chi connectivity index (χ4n) is 1.50. The van der Waals surface area contributed by atoms with Crippen LogP contribution in [-0.2, 0) is 9.53 Å². The Morgan fingerprint density at radius 3 is 2.71 bits per heavy atom. The molecule has 0 amide bonds. The number of carbonyl (C=O) groups is 1. The van der Waals surface area contributed by atoms with E-state index in [1.807, 2.05) is 30.3 Å². The van der Waals surface area contributed by atoms with Gasteiger partial charge in [0, 0.05) is 6.21 Å². The van der Waals surface area contributed by atoms with Crippen LogP contribution >= 0.6 is 0 Å². The maximum atomic E-state index is 11.5. The smallest absolute Gasteiger partial charge is 0.330 e. The number of methoxy groups -OCH3 is 1. The SMILES string of the molecule is CCCCC(/N=C/c1ccccc1)C(=O)OC. The van der Waals surface area contributed by atoms with E-state index < -0.39 is 0 Å². The summed E-state index contributed by atoms with van der Waals surface area (Å²) in [4.78, 5) is 15.8. The molecule has 0 aliphatic rings. The van der Waals surface area contributed by atoms with Crippen molar-refractivity contribution in [3.63, 3.8) is 0 Å². The van der Waals surface area contributed by atoms with Gasteiger partial charge >= 0.3 is 5.97 Å². The van der Waals surface area contributed by atoms with E-state index in [2.05, 4.69) is 11.9 Å². The molecule has 1 unspecified atom stereocenters. The molecule has 0 radical (unpaired) electrons. The van der Waals surface area contributed by atoms with Gasteiger partial charge in [0.1, 0.15) is 6.04 Å². The summed E-state index contributed by atoms with van der Waals surface area (Å²) >= 11 is 0. The Kier molecular flexibility index (Phi) is 6.00. The molecule has 3 heteroatoms. The second-order valence-corrected chi connectivity index (χ2v) is 3.87. The first-order valence-electron chi connectivity index (χ1n) is 5.94. The predicted octanol–water partition coefficient (Wildman–Crippen LogP) is 2.84. The highest BCUT2D eigenvalue weighted by Gasteiger charge is 2.16. The summed E-state index contributed by atoms with van der Waals surface area (Å²) in [5.74, 6) is -0.259. The van der Waals surface area contributed by atoms with Gasteiger partial charge in [-0.05, 0) is 12.0 Å². The average Bonchev–Trinajstić information content (AvgIpc) is 2.39. The monoisotopic (exact) mass is 233 g/mol. The van der Waals surface area contributed by atoms with Crippen LogP contribution in [0.3, 0.4) is 0 Å². The lowest BCUT2D eigenvalue weighted by Crippen LogP contribution is -2.20. The lowest BCUT2D eigenvalue weighted by Gasteiger charge is -2.08. The zero-order valence-corrected chi connectivity index (χ0v) is 10.4. The van der Waals surface area contributed by atoms with Gasteiger partial charge < -0.3 is 4.74 Å². The van der Waals surface area contributed by atoms with Crippen LogP contribution < -0.4 is 0 Å². The van der Waals surface area contributed by atoms with E-state index in [9.17, 15) is 4.79 Å². The molecular formula is C14H19NO2. The zero-order valence-electron chi connectivity index (χ0n) is 10.4. The van der Waals surface area contributed by atoms with Crippen LogP contribution in [0, 0.1) is 0 Å². The second-order valence-electron chi connectivity index (χ2n) is 3.87. The van der Waals surface area contributed by atoms with E-state index in [1.54, 1.807) is 6.21 Å². The predicted molar refractivity (Wildman–Crippen MR) is 69.4 cm³/mol. The number of ether oxygens (including phenoxy) is 1. The highest BCUT2D eigenvalue weighted by atomic mass is 16.5. The molecule has 0 saturated carbocycles. The van der Waals surface area contributed by atoms with E-state index in [1.165, 1.54) is 7.11 Å². The van der Waals surface area contributed by atoms with Crippen molar-refractivity contribution in [2.24, 2.45) is 4.99 Å². The highest BCUT2D eigenvalue weighted by Crippen LogP contribution is 2.07. The third-order valence-electron chi connectivity index (χ3n) is 2.51. The van der Waals surface area contributed by atoms with Gasteiger partial charge in [0.15, 0.2) is 0 Å². The Balaban J connectivity index is 2.65. The Bertz CT molecular complexity index is 360. The molecule has 1 aromatic rings. The number of nitrogens with zero attached hydrogens (tertiary/aromatic N) is 1. The van der Waals surface area contributed by atoms with Gasteiger partial charge in [-0.3, -0.25) is 4.99 Å². The van der Waals surface area contributed by atoms with Crippen LogP contribution in [-0.4, -0.2) is 25.3 Å². The fraction of sp³-hybridized carbons (Fsp3) is 0.429. The van der Waals surface area contributed by atoms with Crippen molar-refractivity contribution in [2.45, 2.75) is 32.2 Å². The molecule has 1 rings (SSSR count). The summed E-state index contributed by atoms with van der Waals surface area (Å²) in [7, 11) is 1.40. The summed E-state index contributed by atoms with van der Waals surface area (Å²) in [6.45, 7) is 2.09. The Morgan fingerprint density at radius 2 is 2.12 bits per heavy atom. The van der Waals surface area contributed by atoms with Crippen LogP contribution in [0.15, 0.2) is 35.3 Å². The van der Waals surface area contributed by atoms with Gasteiger partial charge in [-0.2, -0.15) is 0 Å². The topological polar surface area (TPSA) is 38.7 Å². The molecule has 1 aromatic carbocycles. The second kappa shape index (κ2) is 7.60. The van der Waals surface area contributed by atoms with Gasteiger partial charge in [-0.25, -0.2) is 4.79 Å². The van der Waals surface area contributed by atoms with Gasteiger partial charge in [-0.1, -0.05) is 50.1 Å². The van der Waals surface area contributed by atoms with E-state index >= 15 is 0 Å². The van der Waals surface area contributed by atoms with Crippen molar-refractivity contribution in [2.75, 3.05) is 7.11 Å². The minimum absolute atomic E-state index is 0.259. The number of carbonyl (C=O) groups excluding carboxylic acids is 1. The van der Waals surface area contributed by atoms with Crippen LogP contribution in [0.25, 0.3) is 0 Å². The largest absolute Gasteiger partial charge is 0.467 e. The molecule has 1 atom stereocenters. The first kappa shape index (κ1) is 13.4. The number of hydrogen-bond acceptors (Lipinski definition) is 3. The zero-order chi connectivity index (χ0) is 12.5. The van der Waals surface area contributed by atoms with Crippen molar-refractivity contribution in [1.82, 2.24) is 0 Å². The molecule has 3 nitrogen and oxygen atoms in total. The first-order chi connectivity index (χ1) is 8.27. The minimum Gasteiger partial charge on any atom is -0.467 e. The Hall–Kier alpha value is -1.64. The number of aliphatic imine (C=N–C) groups is 1. The third-order valence-corrected chi connectivity index (χ3v) is 2.51. The number of esters is 1. The molecule has 0 fully saturated rings. The van der Waals surface area contributed by atoms with Crippen molar-refractivity contribution >= 4 is 12.2 Å². The summed E-state index contributed by atoms with van der Waals surface area (Å²) in [5, 5.41) is 0. The molecule has 17 heavy (non-hydrogen) atoms. The Morgan fingerprint density at radius 1 is 1.41 bits per heavy atom. The molecule has 0 saturated heterocycles. The van der Waals surface area contributed by atoms with E-state index in [4.69, 9.17) is 4.74 Å². The van der Waals surface area contributed by atoms with Gasteiger partial charge in [0.05, 0.1) is 7.11 Å². The summed E-state index contributed by atoms with van der Waals surface area (Å²) < 4.78 is 4.75. The lowest BCUT2D eigenvalue weighted by atomic mass is 10.1. The highest BCUT2D eigenvalue weighted by molar-refractivity contribution is 5.83. The molecular weight excluding hydrogens is 214 g/mol. The average molecular weight is 233 g/mol. The molecule has 0 spiro atoms. The van der Waals surface area contributed by atoms with Gasteiger partial charge in [0.25, 0.3) is 0 Å². The van der Waals surface area contributed by atoms with Crippen molar-refractivity contribution < 1.29 is 9.53 Å². The first-order valence-corrected chi connectivity index (χ1v) is 5.94. The number of hydrogen-bond donors (Lipinski definition) is 0. The molecule has 0 aromatic heterocycles. The summed E-state index contributed by atoms with van der Waals surface area (Å²) in [5.41, 5.74) is 0.998. The van der Waals surface area contributed by atoms with Gasteiger partial charge in [0.2, 0.25) is 0 Å². The molecule has 92 valence electrons.